The van der Waals surface area contributed by atoms with Gasteiger partial charge in [0.2, 0.25) is 0 Å². The van der Waals surface area contributed by atoms with Gasteiger partial charge in [-0.15, -0.1) is 0 Å². The third-order valence-corrected chi connectivity index (χ3v) is 5.24. The number of hydrogen-bond acceptors (Lipinski definition) is 6. The second-order valence-electron chi connectivity index (χ2n) is 9.56. The highest BCUT2D eigenvalue weighted by molar-refractivity contribution is 6.21. The van der Waals surface area contributed by atoms with Crippen molar-refractivity contribution >= 4 is 23.7 Å². The molecule has 0 aromatic heterocycles. The molecule has 8 heteroatoms. The summed E-state index contributed by atoms with van der Waals surface area (Å²) in [6, 6.07) is 13.5. The van der Waals surface area contributed by atoms with Crippen molar-refractivity contribution in [2.45, 2.75) is 32.9 Å². The van der Waals surface area contributed by atoms with Crippen LogP contribution in [0.15, 0.2) is 48.5 Å². The highest BCUT2D eigenvalue weighted by atomic mass is 16.6. The first-order valence-corrected chi connectivity index (χ1v) is 11.2. The molecule has 34 heavy (non-hydrogen) atoms. The van der Waals surface area contributed by atoms with Crippen molar-refractivity contribution in [2.75, 3.05) is 33.7 Å². The summed E-state index contributed by atoms with van der Waals surface area (Å²) in [5.41, 5.74) is 1.13. The molecule has 0 unspecified atom stereocenters. The molecule has 0 saturated carbocycles. The molecule has 1 heterocycles. The molecule has 3 rings (SSSR count). The third-order valence-electron chi connectivity index (χ3n) is 5.24. The van der Waals surface area contributed by atoms with Crippen LogP contribution in [-0.4, -0.2) is 77.7 Å². The number of likely N-dealkylation sites (N-methyl/N-ethyl adjacent to an activating group) is 1. The maximum absolute atomic E-state index is 13.3. The second kappa shape index (κ2) is 10.2. The average Bonchev–Trinajstić information content (AvgIpc) is 3.00. The Morgan fingerprint density at radius 3 is 2.09 bits per heavy atom. The minimum atomic E-state index is -0.653. The fraction of sp³-hybridized carbons (Fsp3) is 0.385. The molecule has 1 aliphatic rings. The minimum absolute atomic E-state index is 0.0528. The largest absolute Gasteiger partial charge is 0.459 e. The van der Waals surface area contributed by atoms with E-state index in [1.807, 2.05) is 19.0 Å². The Bertz CT molecular complexity index is 1070. The molecule has 0 spiro atoms. The summed E-state index contributed by atoms with van der Waals surface area (Å²) in [7, 11) is 3.78. The van der Waals surface area contributed by atoms with Gasteiger partial charge in [0.1, 0.15) is 12.1 Å². The van der Waals surface area contributed by atoms with Gasteiger partial charge in [-0.2, -0.15) is 0 Å². The fourth-order valence-corrected chi connectivity index (χ4v) is 3.65. The zero-order valence-electron chi connectivity index (χ0n) is 20.3. The van der Waals surface area contributed by atoms with Crippen molar-refractivity contribution in [1.29, 1.82) is 0 Å². The first-order chi connectivity index (χ1) is 16.0. The molecule has 0 N–H and O–H groups in total. The van der Waals surface area contributed by atoms with Gasteiger partial charge in [0.25, 0.3) is 17.7 Å². The van der Waals surface area contributed by atoms with E-state index in [0.29, 0.717) is 35.3 Å². The molecule has 0 atom stereocenters. The number of hydrogen-bond donors (Lipinski definition) is 0. The first kappa shape index (κ1) is 25.1. The Morgan fingerprint density at radius 2 is 1.53 bits per heavy atom. The lowest BCUT2D eigenvalue weighted by Crippen LogP contribution is -2.42. The van der Waals surface area contributed by atoms with E-state index in [-0.39, 0.29) is 30.8 Å². The number of amides is 3. The van der Waals surface area contributed by atoms with E-state index in [9.17, 15) is 19.2 Å². The monoisotopic (exact) mass is 465 g/mol. The van der Waals surface area contributed by atoms with E-state index in [1.165, 1.54) is 9.80 Å². The summed E-state index contributed by atoms with van der Waals surface area (Å²) in [5, 5.41) is 0. The van der Waals surface area contributed by atoms with Gasteiger partial charge < -0.3 is 14.5 Å². The molecule has 8 nitrogen and oxygen atoms in total. The van der Waals surface area contributed by atoms with Gasteiger partial charge in [-0.05, 0) is 64.7 Å². The summed E-state index contributed by atoms with van der Waals surface area (Å²) in [5.74, 6) is -1.51. The Kier molecular flexibility index (Phi) is 7.51. The average molecular weight is 466 g/mol. The topological polar surface area (TPSA) is 87.2 Å². The molecule has 2 aromatic carbocycles. The standard InChI is InChI=1S/C26H31N3O5/c1-26(2,3)34-22(30)17-28(14-13-27(4)5)23(31)19-10-8-9-18(15-19)16-29-24(32)20-11-6-7-12-21(20)25(29)33/h6-12,15H,13-14,16-17H2,1-5H3. The molecular formula is C26H31N3O5. The van der Waals surface area contributed by atoms with Crippen molar-refractivity contribution in [2.24, 2.45) is 0 Å². The van der Waals surface area contributed by atoms with E-state index in [1.54, 1.807) is 69.3 Å². The van der Waals surface area contributed by atoms with Crippen LogP contribution in [-0.2, 0) is 16.1 Å². The van der Waals surface area contributed by atoms with E-state index < -0.39 is 11.6 Å². The van der Waals surface area contributed by atoms with Crippen molar-refractivity contribution in [3.63, 3.8) is 0 Å². The number of imide groups is 1. The van der Waals surface area contributed by atoms with Crippen LogP contribution in [0.5, 0.6) is 0 Å². The highest BCUT2D eigenvalue weighted by Gasteiger charge is 2.35. The van der Waals surface area contributed by atoms with Gasteiger partial charge in [-0.3, -0.25) is 24.1 Å². The number of esters is 1. The second-order valence-corrected chi connectivity index (χ2v) is 9.56. The predicted octanol–water partition coefficient (Wildman–Crippen LogP) is 2.83. The Morgan fingerprint density at radius 1 is 0.912 bits per heavy atom. The van der Waals surface area contributed by atoms with Crippen molar-refractivity contribution in [1.82, 2.24) is 14.7 Å². The maximum atomic E-state index is 13.3. The number of ether oxygens (including phenoxy) is 1. The van der Waals surface area contributed by atoms with Crippen LogP contribution in [0.25, 0.3) is 0 Å². The van der Waals surface area contributed by atoms with Crippen LogP contribution in [0.3, 0.4) is 0 Å². The van der Waals surface area contributed by atoms with Gasteiger partial charge >= 0.3 is 5.97 Å². The van der Waals surface area contributed by atoms with E-state index in [0.717, 1.165) is 0 Å². The van der Waals surface area contributed by atoms with E-state index in [2.05, 4.69) is 0 Å². The molecule has 0 fully saturated rings. The van der Waals surface area contributed by atoms with Crippen LogP contribution in [0.2, 0.25) is 0 Å². The van der Waals surface area contributed by atoms with Crippen LogP contribution < -0.4 is 0 Å². The number of carbonyl (C=O) groups excluding carboxylic acids is 4. The quantitative estimate of drug-likeness (QED) is 0.440. The third kappa shape index (κ3) is 6.08. The predicted molar refractivity (Wildman–Crippen MR) is 127 cm³/mol. The van der Waals surface area contributed by atoms with E-state index >= 15 is 0 Å². The Balaban J connectivity index is 1.77. The summed E-state index contributed by atoms with van der Waals surface area (Å²) in [6.45, 7) is 6.12. The Hall–Kier alpha value is -3.52. The summed E-state index contributed by atoms with van der Waals surface area (Å²) in [4.78, 5) is 55.7. The summed E-state index contributed by atoms with van der Waals surface area (Å²) < 4.78 is 5.40. The van der Waals surface area contributed by atoms with Crippen molar-refractivity contribution in [3.8, 4) is 0 Å². The van der Waals surface area contributed by atoms with Crippen LogP contribution in [0.1, 0.15) is 57.4 Å². The number of nitrogens with zero attached hydrogens (tertiary/aromatic N) is 3. The van der Waals surface area contributed by atoms with Crippen LogP contribution in [0, 0.1) is 0 Å². The van der Waals surface area contributed by atoms with Crippen molar-refractivity contribution in [3.05, 3.63) is 70.8 Å². The molecule has 3 amide bonds. The molecule has 2 aromatic rings. The first-order valence-electron chi connectivity index (χ1n) is 11.2. The fourth-order valence-electron chi connectivity index (χ4n) is 3.65. The highest BCUT2D eigenvalue weighted by Crippen LogP contribution is 2.24. The van der Waals surface area contributed by atoms with Gasteiger partial charge in [-0.1, -0.05) is 24.3 Å². The molecule has 0 bridgehead atoms. The summed E-state index contributed by atoms with van der Waals surface area (Å²) >= 11 is 0. The lowest BCUT2D eigenvalue weighted by molar-refractivity contribution is -0.155. The number of fused-ring (bicyclic) bond motifs is 1. The van der Waals surface area contributed by atoms with Gasteiger partial charge in [-0.25, -0.2) is 0 Å². The molecule has 0 radical (unpaired) electrons. The van der Waals surface area contributed by atoms with Crippen LogP contribution in [0.4, 0.5) is 0 Å². The number of carbonyl (C=O) groups is 4. The maximum Gasteiger partial charge on any atom is 0.326 e. The number of rotatable bonds is 8. The SMILES string of the molecule is CN(C)CCN(CC(=O)OC(C)(C)C)C(=O)c1cccc(CN2C(=O)c3ccccc3C2=O)c1. The molecule has 0 saturated heterocycles. The zero-order valence-corrected chi connectivity index (χ0v) is 20.3. The van der Waals surface area contributed by atoms with Gasteiger partial charge in [0, 0.05) is 18.7 Å². The lowest BCUT2D eigenvalue weighted by atomic mass is 10.1. The summed E-state index contributed by atoms with van der Waals surface area (Å²) in [6.07, 6.45) is 0. The number of benzene rings is 2. The van der Waals surface area contributed by atoms with E-state index in [4.69, 9.17) is 4.74 Å². The zero-order chi connectivity index (χ0) is 25.0. The molecular weight excluding hydrogens is 434 g/mol. The molecule has 180 valence electrons. The van der Waals surface area contributed by atoms with Gasteiger partial charge in [0.05, 0.1) is 17.7 Å². The molecule has 0 aliphatic carbocycles. The van der Waals surface area contributed by atoms with Crippen molar-refractivity contribution < 1.29 is 23.9 Å². The Labute approximate surface area is 200 Å². The lowest BCUT2D eigenvalue weighted by Gasteiger charge is -2.26. The smallest absolute Gasteiger partial charge is 0.326 e. The minimum Gasteiger partial charge on any atom is -0.459 e. The molecule has 1 aliphatic heterocycles. The van der Waals surface area contributed by atoms with Crippen LogP contribution >= 0.6 is 0 Å². The van der Waals surface area contributed by atoms with Gasteiger partial charge in [0.15, 0.2) is 0 Å². The normalized spacial score (nSPS) is 13.3.